The average molecular weight is 241 g/mol. The molecule has 1 aliphatic heterocycles. The maximum absolute atomic E-state index is 11.7. The van der Waals surface area contributed by atoms with Gasteiger partial charge in [0.25, 0.3) is 0 Å². The number of carbonyl (C=O) groups excluding carboxylic acids is 2. The molecule has 0 atom stereocenters. The van der Waals surface area contributed by atoms with Crippen LogP contribution in [0.3, 0.4) is 0 Å². The van der Waals surface area contributed by atoms with Gasteiger partial charge in [-0.05, 0) is 13.3 Å². The molecule has 0 aromatic rings. The number of amides is 2. The molecule has 5 heteroatoms. The van der Waals surface area contributed by atoms with E-state index in [2.05, 4.69) is 10.2 Å². The molecule has 1 aliphatic rings. The van der Waals surface area contributed by atoms with Crippen LogP contribution in [0.25, 0.3) is 0 Å². The second-order valence-electron chi connectivity index (χ2n) is 4.36. The summed E-state index contributed by atoms with van der Waals surface area (Å²) in [6.07, 6.45) is 1.54. The fraction of sp³-hybridized carbons (Fsp3) is 0.833. The van der Waals surface area contributed by atoms with Crippen LogP contribution in [0, 0.1) is 0 Å². The van der Waals surface area contributed by atoms with E-state index in [1.165, 1.54) is 0 Å². The Morgan fingerprint density at radius 2 is 1.76 bits per heavy atom. The fourth-order valence-electron chi connectivity index (χ4n) is 1.98. The lowest BCUT2D eigenvalue weighted by atomic mass is 10.2. The van der Waals surface area contributed by atoms with Crippen LogP contribution in [-0.4, -0.2) is 60.9 Å². The van der Waals surface area contributed by atoms with Gasteiger partial charge in [0.2, 0.25) is 11.8 Å². The van der Waals surface area contributed by atoms with Gasteiger partial charge >= 0.3 is 0 Å². The summed E-state index contributed by atoms with van der Waals surface area (Å²) >= 11 is 0. The van der Waals surface area contributed by atoms with Crippen molar-refractivity contribution < 1.29 is 9.59 Å². The van der Waals surface area contributed by atoms with E-state index < -0.39 is 0 Å². The highest BCUT2D eigenvalue weighted by Crippen LogP contribution is 2.04. The summed E-state index contributed by atoms with van der Waals surface area (Å²) in [5.41, 5.74) is 0. The van der Waals surface area contributed by atoms with Crippen LogP contribution >= 0.6 is 0 Å². The Morgan fingerprint density at radius 3 is 2.29 bits per heavy atom. The average Bonchev–Trinajstić information content (AvgIpc) is 2.30. The van der Waals surface area contributed by atoms with Gasteiger partial charge in [-0.25, -0.2) is 0 Å². The predicted molar refractivity (Wildman–Crippen MR) is 66.6 cm³/mol. The lowest BCUT2D eigenvalue weighted by Crippen LogP contribution is -2.51. The van der Waals surface area contributed by atoms with E-state index in [1.807, 2.05) is 18.7 Å². The minimum Gasteiger partial charge on any atom is -0.355 e. The third kappa shape index (κ3) is 4.73. The number of likely N-dealkylation sites (N-methyl/N-ethyl adjacent to an activating group) is 1. The zero-order valence-electron chi connectivity index (χ0n) is 10.9. The largest absolute Gasteiger partial charge is 0.355 e. The van der Waals surface area contributed by atoms with Gasteiger partial charge in [0.15, 0.2) is 0 Å². The van der Waals surface area contributed by atoms with Gasteiger partial charge in [-0.2, -0.15) is 0 Å². The minimum absolute atomic E-state index is 0.0702. The molecule has 1 heterocycles. The molecule has 0 bridgehead atoms. The van der Waals surface area contributed by atoms with Crippen LogP contribution in [0.15, 0.2) is 0 Å². The molecule has 0 aromatic carbocycles. The van der Waals surface area contributed by atoms with Crippen LogP contribution < -0.4 is 5.32 Å². The third-order valence-corrected chi connectivity index (χ3v) is 2.93. The number of nitrogens with zero attached hydrogens (tertiary/aromatic N) is 2. The van der Waals surface area contributed by atoms with Crippen molar-refractivity contribution in [2.45, 2.75) is 26.7 Å². The number of rotatable bonds is 5. The molecular formula is C12H23N3O2. The van der Waals surface area contributed by atoms with Crippen LogP contribution in [0.2, 0.25) is 0 Å². The first-order valence-corrected chi connectivity index (χ1v) is 6.44. The number of nitrogens with one attached hydrogen (secondary N) is 1. The standard InChI is InChI=1S/C12H23N3O2/c1-3-5-12(17)15-8-6-14(7-9-15)10-11(16)13-4-2/h3-10H2,1-2H3,(H,13,16). The number of hydrogen-bond acceptors (Lipinski definition) is 3. The smallest absolute Gasteiger partial charge is 0.234 e. The van der Waals surface area contributed by atoms with Gasteiger partial charge in [0, 0.05) is 39.1 Å². The Labute approximate surface area is 103 Å². The lowest BCUT2D eigenvalue weighted by Gasteiger charge is -2.34. The molecule has 17 heavy (non-hydrogen) atoms. The Kier molecular flexibility index (Phi) is 5.97. The SMILES string of the molecule is CCCC(=O)N1CCN(CC(=O)NCC)CC1. The summed E-state index contributed by atoms with van der Waals surface area (Å²) in [4.78, 5) is 27.1. The molecule has 0 aromatic heterocycles. The van der Waals surface area contributed by atoms with E-state index in [1.54, 1.807) is 0 Å². The number of carbonyl (C=O) groups is 2. The molecule has 98 valence electrons. The van der Waals surface area contributed by atoms with Crippen molar-refractivity contribution in [1.82, 2.24) is 15.1 Å². The first-order chi connectivity index (χ1) is 8.17. The number of hydrogen-bond donors (Lipinski definition) is 1. The normalized spacial score (nSPS) is 16.9. The van der Waals surface area contributed by atoms with E-state index in [4.69, 9.17) is 0 Å². The molecule has 0 spiro atoms. The summed E-state index contributed by atoms with van der Waals surface area (Å²) < 4.78 is 0. The first kappa shape index (κ1) is 14.0. The molecule has 0 radical (unpaired) electrons. The third-order valence-electron chi connectivity index (χ3n) is 2.93. The zero-order chi connectivity index (χ0) is 12.7. The second-order valence-corrected chi connectivity index (χ2v) is 4.36. The highest BCUT2D eigenvalue weighted by Gasteiger charge is 2.21. The van der Waals surface area contributed by atoms with Crippen LogP contribution in [0.5, 0.6) is 0 Å². The molecule has 0 saturated carbocycles. The van der Waals surface area contributed by atoms with Gasteiger partial charge in [0.1, 0.15) is 0 Å². The zero-order valence-corrected chi connectivity index (χ0v) is 10.9. The topological polar surface area (TPSA) is 52.7 Å². The molecule has 0 aliphatic carbocycles. The monoisotopic (exact) mass is 241 g/mol. The van der Waals surface area contributed by atoms with E-state index >= 15 is 0 Å². The Hall–Kier alpha value is -1.10. The number of piperazine rings is 1. The summed E-state index contributed by atoms with van der Waals surface area (Å²) in [7, 11) is 0. The predicted octanol–water partition coefficient (Wildman–Crippen LogP) is 0.0668. The van der Waals surface area contributed by atoms with E-state index in [0.717, 1.165) is 32.6 Å². The van der Waals surface area contributed by atoms with Gasteiger partial charge in [-0.15, -0.1) is 0 Å². The highest BCUT2D eigenvalue weighted by atomic mass is 16.2. The first-order valence-electron chi connectivity index (χ1n) is 6.44. The molecule has 1 fully saturated rings. The maximum atomic E-state index is 11.7. The molecular weight excluding hydrogens is 218 g/mol. The minimum atomic E-state index is 0.0702. The van der Waals surface area contributed by atoms with Gasteiger partial charge in [-0.3, -0.25) is 14.5 Å². The van der Waals surface area contributed by atoms with Crippen molar-refractivity contribution in [3.8, 4) is 0 Å². The van der Waals surface area contributed by atoms with Crippen LogP contribution in [-0.2, 0) is 9.59 Å². The van der Waals surface area contributed by atoms with Crippen molar-refractivity contribution in [2.24, 2.45) is 0 Å². The van der Waals surface area contributed by atoms with E-state index in [9.17, 15) is 9.59 Å². The Bertz CT molecular complexity index is 260. The molecule has 1 saturated heterocycles. The fourth-order valence-corrected chi connectivity index (χ4v) is 1.98. The van der Waals surface area contributed by atoms with Crippen molar-refractivity contribution in [3.63, 3.8) is 0 Å². The van der Waals surface area contributed by atoms with Crippen LogP contribution in [0.4, 0.5) is 0 Å². The van der Waals surface area contributed by atoms with Gasteiger partial charge < -0.3 is 10.2 Å². The lowest BCUT2D eigenvalue weighted by molar-refractivity contribution is -0.133. The Balaban J connectivity index is 2.26. The quantitative estimate of drug-likeness (QED) is 0.741. The van der Waals surface area contributed by atoms with E-state index in [-0.39, 0.29) is 11.8 Å². The maximum Gasteiger partial charge on any atom is 0.234 e. The van der Waals surface area contributed by atoms with Gasteiger partial charge in [0.05, 0.1) is 6.54 Å². The molecule has 1 rings (SSSR count). The van der Waals surface area contributed by atoms with Crippen molar-refractivity contribution >= 4 is 11.8 Å². The summed E-state index contributed by atoms with van der Waals surface area (Å²) in [5, 5.41) is 2.79. The van der Waals surface area contributed by atoms with Crippen molar-refractivity contribution in [2.75, 3.05) is 39.3 Å². The molecule has 2 amide bonds. The van der Waals surface area contributed by atoms with Gasteiger partial charge in [-0.1, -0.05) is 6.92 Å². The summed E-state index contributed by atoms with van der Waals surface area (Å²) in [6.45, 7) is 8.15. The second kappa shape index (κ2) is 7.27. The van der Waals surface area contributed by atoms with Crippen molar-refractivity contribution in [3.05, 3.63) is 0 Å². The van der Waals surface area contributed by atoms with E-state index in [0.29, 0.717) is 19.5 Å². The van der Waals surface area contributed by atoms with Crippen molar-refractivity contribution in [1.29, 1.82) is 0 Å². The van der Waals surface area contributed by atoms with Crippen LogP contribution in [0.1, 0.15) is 26.7 Å². The Morgan fingerprint density at radius 1 is 1.12 bits per heavy atom. The summed E-state index contributed by atoms with van der Waals surface area (Å²) in [5.74, 6) is 0.311. The molecule has 5 nitrogen and oxygen atoms in total. The molecule has 1 N–H and O–H groups in total. The summed E-state index contributed by atoms with van der Waals surface area (Å²) in [6, 6.07) is 0. The highest BCUT2D eigenvalue weighted by molar-refractivity contribution is 5.78. The molecule has 0 unspecified atom stereocenters.